The third kappa shape index (κ3) is 5.07. The Hall–Kier alpha value is -0.790. The van der Waals surface area contributed by atoms with Crippen molar-refractivity contribution in [3.8, 4) is 0 Å². The summed E-state index contributed by atoms with van der Waals surface area (Å²) in [7, 11) is 0. The zero-order chi connectivity index (χ0) is 7.11. The van der Waals surface area contributed by atoms with Gasteiger partial charge in [0.05, 0.1) is 0 Å². The maximum Gasteiger partial charge on any atom is 0.117 e. The van der Waals surface area contributed by atoms with Crippen molar-refractivity contribution < 1.29 is 0 Å². The Balaban J connectivity index is 3.31. The van der Waals surface area contributed by atoms with Crippen LogP contribution in [0.3, 0.4) is 0 Å². The molecule has 0 aromatic heterocycles. The lowest BCUT2D eigenvalue weighted by Gasteiger charge is -1.90. The van der Waals surface area contributed by atoms with Crippen LogP contribution >= 0.6 is 0 Å². The minimum absolute atomic E-state index is 0.545. The number of nitrogens with two attached hydrogens (primary N) is 1. The number of hydrogen-bond donors (Lipinski definition) is 1. The maximum absolute atomic E-state index is 5.35. The van der Waals surface area contributed by atoms with Crippen molar-refractivity contribution >= 4 is 5.84 Å². The predicted octanol–water partition coefficient (Wildman–Crippen LogP) is 1.33. The average molecular weight is 126 g/mol. The van der Waals surface area contributed by atoms with Gasteiger partial charge in [-0.15, -0.1) is 0 Å². The van der Waals surface area contributed by atoms with Crippen molar-refractivity contribution in [1.82, 2.24) is 0 Å². The van der Waals surface area contributed by atoms with Crippen LogP contribution in [0, 0.1) is 0 Å². The van der Waals surface area contributed by atoms with E-state index in [2.05, 4.69) is 18.5 Å². The smallest absolute Gasteiger partial charge is 0.117 e. The lowest BCUT2D eigenvalue weighted by Crippen LogP contribution is -2.07. The molecule has 0 rings (SSSR count). The molecule has 2 N–H and O–H groups in total. The molecule has 0 fully saturated rings. The maximum atomic E-state index is 5.35. The van der Waals surface area contributed by atoms with E-state index < -0.39 is 0 Å². The number of rotatable bonds is 4. The van der Waals surface area contributed by atoms with E-state index in [1.54, 1.807) is 6.08 Å². The Morgan fingerprint density at radius 3 is 2.89 bits per heavy atom. The van der Waals surface area contributed by atoms with Gasteiger partial charge in [0.25, 0.3) is 0 Å². The third-order valence-electron chi connectivity index (χ3n) is 1.02. The number of amidine groups is 1. The second-order valence-corrected chi connectivity index (χ2v) is 1.86. The SMILES string of the molecule is C=CC(N)=NCCCC. The second kappa shape index (κ2) is 5.35. The lowest BCUT2D eigenvalue weighted by atomic mass is 10.3. The molecule has 0 aliphatic carbocycles. The molecule has 0 saturated carbocycles. The van der Waals surface area contributed by atoms with Crippen LogP contribution in [0.4, 0.5) is 0 Å². The van der Waals surface area contributed by atoms with Crippen LogP contribution in [0.5, 0.6) is 0 Å². The van der Waals surface area contributed by atoms with Crippen LogP contribution in [0.1, 0.15) is 19.8 Å². The highest BCUT2D eigenvalue weighted by Crippen LogP contribution is 1.86. The van der Waals surface area contributed by atoms with Crippen LogP contribution in [0.25, 0.3) is 0 Å². The van der Waals surface area contributed by atoms with Gasteiger partial charge in [-0.25, -0.2) is 0 Å². The molecule has 0 bridgehead atoms. The van der Waals surface area contributed by atoms with E-state index in [1.807, 2.05) is 0 Å². The molecule has 0 saturated heterocycles. The lowest BCUT2D eigenvalue weighted by molar-refractivity contribution is 0.808. The van der Waals surface area contributed by atoms with Gasteiger partial charge in [0, 0.05) is 6.54 Å². The van der Waals surface area contributed by atoms with Crippen molar-refractivity contribution in [2.45, 2.75) is 19.8 Å². The van der Waals surface area contributed by atoms with Gasteiger partial charge >= 0.3 is 0 Å². The van der Waals surface area contributed by atoms with E-state index >= 15 is 0 Å². The van der Waals surface area contributed by atoms with E-state index in [1.165, 1.54) is 0 Å². The first-order valence-corrected chi connectivity index (χ1v) is 3.23. The molecule has 0 atom stereocenters. The topological polar surface area (TPSA) is 38.4 Å². The van der Waals surface area contributed by atoms with Crippen LogP contribution in [0.2, 0.25) is 0 Å². The summed E-state index contributed by atoms with van der Waals surface area (Å²) in [5.41, 5.74) is 5.35. The van der Waals surface area contributed by atoms with Gasteiger partial charge in [-0.05, 0) is 12.5 Å². The molecule has 0 heterocycles. The number of unbranched alkanes of at least 4 members (excludes halogenated alkanes) is 1. The van der Waals surface area contributed by atoms with Crippen molar-refractivity contribution in [2.24, 2.45) is 10.7 Å². The fraction of sp³-hybridized carbons (Fsp3) is 0.571. The summed E-state index contributed by atoms with van der Waals surface area (Å²) in [6.45, 7) is 6.44. The molecular formula is C7H14N2. The standard InChI is InChI=1S/C7H14N2/c1-3-5-6-9-7(8)4-2/h4H,2-3,5-6H2,1H3,(H2,8,9). The van der Waals surface area contributed by atoms with Gasteiger partial charge in [-0.1, -0.05) is 19.9 Å². The molecule has 0 radical (unpaired) electrons. The molecule has 2 heteroatoms. The van der Waals surface area contributed by atoms with Gasteiger partial charge < -0.3 is 5.73 Å². The number of hydrogen-bond acceptors (Lipinski definition) is 1. The monoisotopic (exact) mass is 126 g/mol. The molecule has 9 heavy (non-hydrogen) atoms. The summed E-state index contributed by atoms with van der Waals surface area (Å²) in [5, 5.41) is 0. The minimum atomic E-state index is 0.545. The van der Waals surface area contributed by atoms with Crippen LogP contribution in [0.15, 0.2) is 17.6 Å². The van der Waals surface area contributed by atoms with Crippen LogP contribution in [-0.2, 0) is 0 Å². The zero-order valence-electron chi connectivity index (χ0n) is 5.93. The Kier molecular flexibility index (Phi) is 4.88. The van der Waals surface area contributed by atoms with E-state index in [0.29, 0.717) is 5.84 Å². The predicted molar refractivity (Wildman–Crippen MR) is 41.6 cm³/mol. The largest absolute Gasteiger partial charge is 0.384 e. The van der Waals surface area contributed by atoms with Gasteiger partial charge in [0.15, 0.2) is 0 Å². The molecule has 0 amide bonds. The van der Waals surface area contributed by atoms with E-state index in [0.717, 1.165) is 19.4 Å². The summed E-state index contributed by atoms with van der Waals surface area (Å²) < 4.78 is 0. The average Bonchev–Trinajstić information content (AvgIpc) is 1.89. The summed E-state index contributed by atoms with van der Waals surface area (Å²) >= 11 is 0. The molecule has 2 nitrogen and oxygen atoms in total. The molecule has 0 aliphatic rings. The molecule has 0 aromatic carbocycles. The Morgan fingerprint density at radius 2 is 2.44 bits per heavy atom. The van der Waals surface area contributed by atoms with E-state index in [9.17, 15) is 0 Å². The van der Waals surface area contributed by atoms with Crippen molar-refractivity contribution in [3.05, 3.63) is 12.7 Å². The zero-order valence-corrected chi connectivity index (χ0v) is 5.93. The number of nitrogens with zero attached hydrogens (tertiary/aromatic N) is 1. The van der Waals surface area contributed by atoms with Gasteiger partial charge in [0.1, 0.15) is 5.84 Å². The molecule has 0 unspecified atom stereocenters. The van der Waals surface area contributed by atoms with Crippen LogP contribution < -0.4 is 5.73 Å². The molecule has 0 aromatic rings. The summed E-state index contributed by atoms with van der Waals surface area (Å²) in [6.07, 6.45) is 3.83. The number of aliphatic imine (C=N–C) groups is 1. The van der Waals surface area contributed by atoms with Gasteiger partial charge in [0.2, 0.25) is 0 Å². The molecule has 0 spiro atoms. The van der Waals surface area contributed by atoms with Gasteiger partial charge in [-0.2, -0.15) is 0 Å². The highest BCUT2D eigenvalue weighted by atomic mass is 14.8. The first-order valence-electron chi connectivity index (χ1n) is 3.23. The first kappa shape index (κ1) is 8.21. The van der Waals surface area contributed by atoms with Crippen molar-refractivity contribution in [3.63, 3.8) is 0 Å². The first-order chi connectivity index (χ1) is 4.31. The molecule has 52 valence electrons. The summed E-state index contributed by atoms with van der Waals surface area (Å²) in [5.74, 6) is 0.545. The van der Waals surface area contributed by atoms with Crippen LogP contribution in [-0.4, -0.2) is 12.4 Å². The van der Waals surface area contributed by atoms with Crippen molar-refractivity contribution in [1.29, 1.82) is 0 Å². The summed E-state index contributed by atoms with van der Waals surface area (Å²) in [6, 6.07) is 0. The summed E-state index contributed by atoms with van der Waals surface area (Å²) in [4.78, 5) is 4.01. The Bertz CT molecular complexity index is 105. The third-order valence-corrected chi connectivity index (χ3v) is 1.02. The fourth-order valence-electron chi connectivity index (χ4n) is 0.431. The molecular weight excluding hydrogens is 112 g/mol. The quantitative estimate of drug-likeness (QED) is 0.344. The highest BCUT2D eigenvalue weighted by molar-refractivity contribution is 5.90. The minimum Gasteiger partial charge on any atom is -0.384 e. The van der Waals surface area contributed by atoms with Crippen molar-refractivity contribution in [2.75, 3.05) is 6.54 Å². The highest BCUT2D eigenvalue weighted by Gasteiger charge is 1.80. The molecule has 0 aliphatic heterocycles. The van der Waals surface area contributed by atoms with Gasteiger partial charge in [-0.3, -0.25) is 4.99 Å². The Labute approximate surface area is 56.5 Å². The second-order valence-electron chi connectivity index (χ2n) is 1.86. The Morgan fingerprint density at radius 1 is 1.78 bits per heavy atom. The van der Waals surface area contributed by atoms with E-state index in [4.69, 9.17) is 5.73 Å². The normalized spacial score (nSPS) is 11.4. The van der Waals surface area contributed by atoms with E-state index in [-0.39, 0.29) is 0 Å². The fourth-order valence-corrected chi connectivity index (χ4v) is 0.431.